The molecule has 0 saturated heterocycles. The van der Waals surface area contributed by atoms with E-state index in [2.05, 4.69) is 26.2 Å². The van der Waals surface area contributed by atoms with Crippen molar-refractivity contribution in [3.05, 3.63) is 105 Å². The number of nitrogens with one attached hydrogen (secondary N) is 1. The van der Waals surface area contributed by atoms with Gasteiger partial charge >= 0.3 is 5.97 Å². The molecule has 3 aromatic carbocycles. The molecule has 0 fully saturated rings. The maximum Gasteiger partial charge on any atom is 0.317 e. The molecule has 0 spiro atoms. The van der Waals surface area contributed by atoms with Crippen molar-refractivity contribution in [2.24, 2.45) is 5.92 Å². The molecule has 3 atom stereocenters. The van der Waals surface area contributed by atoms with Crippen LogP contribution < -0.4 is 14.8 Å². The molecule has 7 nitrogen and oxygen atoms in total. The van der Waals surface area contributed by atoms with Crippen molar-refractivity contribution >= 4 is 44.3 Å². The molecule has 39 heavy (non-hydrogen) atoms. The van der Waals surface area contributed by atoms with Crippen LogP contribution in [-0.4, -0.2) is 30.6 Å². The maximum absolute atomic E-state index is 14.5. The van der Waals surface area contributed by atoms with Crippen molar-refractivity contribution in [1.29, 1.82) is 0 Å². The standard InChI is InChI=1S/C31H23BrN2O5/c1-37-31(36)27-20(16-8-11-24-25(13-16)39-15-38-24)14-23-28(30(27)35)26(17-5-2-3-7-21(17)32)19-9-10-22-18(29(19)34-23)6-4-12-33-22/h2-13,20,26-27,34H,14-15H2,1H3. The summed E-state index contributed by atoms with van der Waals surface area (Å²) < 4.78 is 17.2. The number of carbonyl (C=O) groups is 2. The van der Waals surface area contributed by atoms with Crippen LogP contribution in [0.5, 0.6) is 11.5 Å². The molecule has 3 heterocycles. The van der Waals surface area contributed by atoms with Gasteiger partial charge in [-0.3, -0.25) is 14.6 Å². The highest BCUT2D eigenvalue weighted by molar-refractivity contribution is 9.10. The summed E-state index contributed by atoms with van der Waals surface area (Å²) in [6, 6.07) is 21.4. The van der Waals surface area contributed by atoms with E-state index < -0.39 is 17.8 Å². The zero-order valence-corrected chi connectivity index (χ0v) is 22.5. The van der Waals surface area contributed by atoms with E-state index in [1.165, 1.54) is 7.11 Å². The lowest BCUT2D eigenvalue weighted by Crippen LogP contribution is -2.40. The number of benzene rings is 3. The number of esters is 1. The third-order valence-corrected chi connectivity index (χ3v) is 8.61. The summed E-state index contributed by atoms with van der Waals surface area (Å²) in [7, 11) is 1.33. The Hall–Kier alpha value is -4.17. The molecule has 7 rings (SSSR count). The highest BCUT2D eigenvalue weighted by Gasteiger charge is 2.48. The smallest absolute Gasteiger partial charge is 0.317 e. The van der Waals surface area contributed by atoms with Crippen LogP contribution in [-0.2, 0) is 14.3 Å². The Labute approximate surface area is 232 Å². The number of ketones is 1. The average molecular weight is 583 g/mol. The van der Waals surface area contributed by atoms with Gasteiger partial charge < -0.3 is 19.5 Å². The van der Waals surface area contributed by atoms with Gasteiger partial charge in [-0.2, -0.15) is 0 Å². The number of allylic oxidation sites excluding steroid dienone is 2. The quantitative estimate of drug-likeness (QED) is 0.231. The minimum atomic E-state index is -0.996. The first-order valence-corrected chi connectivity index (χ1v) is 13.5. The molecule has 1 aliphatic carbocycles. The second kappa shape index (κ2) is 9.24. The number of aromatic nitrogens is 1. The summed E-state index contributed by atoms with van der Waals surface area (Å²) in [5.41, 5.74) is 5.90. The average Bonchev–Trinajstić information content (AvgIpc) is 3.44. The number of fused-ring (bicyclic) bond motifs is 4. The molecular formula is C31H23BrN2O5. The van der Waals surface area contributed by atoms with Crippen molar-refractivity contribution in [2.75, 3.05) is 19.2 Å². The van der Waals surface area contributed by atoms with Gasteiger partial charge in [-0.15, -0.1) is 0 Å². The summed E-state index contributed by atoms with van der Waals surface area (Å²) in [5, 5.41) is 4.59. The largest absolute Gasteiger partial charge is 0.468 e. The summed E-state index contributed by atoms with van der Waals surface area (Å²) >= 11 is 3.72. The Kier molecular flexibility index (Phi) is 5.66. The lowest BCUT2D eigenvalue weighted by atomic mass is 9.67. The molecule has 4 aromatic rings. The second-order valence-electron chi connectivity index (χ2n) is 9.86. The predicted octanol–water partition coefficient (Wildman–Crippen LogP) is 6.08. The predicted molar refractivity (Wildman–Crippen MR) is 149 cm³/mol. The zero-order valence-electron chi connectivity index (χ0n) is 20.9. The molecule has 0 bridgehead atoms. The van der Waals surface area contributed by atoms with E-state index in [0.29, 0.717) is 23.5 Å². The fourth-order valence-electron chi connectivity index (χ4n) is 6.12. The number of hydrogen-bond acceptors (Lipinski definition) is 7. The van der Waals surface area contributed by atoms with Gasteiger partial charge in [-0.1, -0.05) is 46.3 Å². The number of ether oxygens (including phenoxy) is 3. The van der Waals surface area contributed by atoms with Crippen LogP contribution in [0.2, 0.25) is 0 Å². The molecule has 1 aromatic heterocycles. The third kappa shape index (κ3) is 3.73. The van der Waals surface area contributed by atoms with Crippen molar-refractivity contribution in [2.45, 2.75) is 18.3 Å². The first-order valence-electron chi connectivity index (χ1n) is 12.7. The minimum Gasteiger partial charge on any atom is -0.468 e. The molecule has 0 amide bonds. The SMILES string of the molecule is COC(=O)C1C(=O)C2=C(CC1c1ccc3c(c1)OCO3)Nc1c(ccc3ncccc13)C2c1ccccc1Br. The minimum absolute atomic E-state index is 0.144. The van der Waals surface area contributed by atoms with Gasteiger partial charge in [0, 0.05) is 39.2 Å². The Bertz CT molecular complexity index is 1710. The normalized spacial score (nSPS) is 21.3. The zero-order chi connectivity index (χ0) is 26.7. The fraction of sp³-hybridized carbons (Fsp3) is 0.194. The number of anilines is 1. The van der Waals surface area contributed by atoms with Crippen molar-refractivity contribution in [1.82, 2.24) is 4.98 Å². The van der Waals surface area contributed by atoms with Gasteiger partial charge in [0.25, 0.3) is 0 Å². The molecule has 3 aliphatic rings. The summed E-state index contributed by atoms with van der Waals surface area (Å²) in [6.07, 6.45) is 2.21. The van der Waals surface area contributed by atoms with Crippen molar-refractivity contribution in [3.8, 4) is 11.5 Å². The first-order chi connectivity index (χ1) is 19.0. The number of halogens is 1. The van der Waals surface area contributed by atoms with Gasteiger partial charge in [0.2, 0.25) is 6.79 Å². The van der Waals surface area contributed by atoms with Crippen LogP contribution in [0.3, 0.4) is 0 Å². The van der Waals surface area contributed by atoms with Gasteiger partial charge in [-0.05, 0) is 59.5 Å². The Morgan fingerprint density at radius 3 is 2.72 bits per heavy atom. The van der Waals surface area contributed by atoms with E-state index in [0.717, 1.165) is 43.5 Å². The lowest BCUT2D eigenvalue weighted by molar-refractivity contribution is -0.149. The van der Waals surface area contributed by atoms with Gasteiger partial charge in [0.1, 0.15) is 5.92 Å². The van der Waals surface area contributed by atoms with Crippen LogP contribution >= 0.6 is 15.9 Å². The molecule has 8 heteroatoms. The van der Waals surface area contributed by atoms with E-state index in [1.54, 1.807) is 6.20 Å². The summed E-state index contributed by atoms with van der Waals surface area (Å²) in [5.74, 6) is -1.36. The van der Waals surface area contributed by atoms with Gasteiger partial charge in [-0.25, -0.2) is 0 Å². The van der Waals surface area contributed by atoms with Gasteiger partial charge in [0.15, 0.2) is 17.3 Å². The molecule has 0 radical (unpaired) electrons. The molecule has 2 aliphatic heterocycles. The second-order valence-corrected chi connectivity index (χ2v) is 10.7. The molecule has 0 saturated carbocycles. The highest BCUT2D eigenvalue weighted by Crippen LogP contribution is 2.52. The third-order valence-electron chi connectivity index (χ3n) is 7.89. The number of Topliss-reactive ketones (excluding diaryl/α,β-unsaturated/α-hetero) is 1. The number of hydrogen-bond donors (Lipinski definition) is 1. The number of nitrogens with zero attached hydrogens (tertiary/aromatic N) is 1. The lowest BCUT2D eigenvalue weighted by Gasteiger charge is -2.40. The molecular weight excluding hydrogens is 560 g/mol. The monoisotopic (exact) mass is 582 g/mol. The topological polar surface area (TPSA) is 86.8 Å². The van der Waals surface area contributed by atoms with Crippen LogP contribution in [0.25, 0.3) is 10.9 Å². The molecule has 1 N–H and O–H groups in total. The molecule has 3 unspecified atom stereocenters. The van der Waals surface area contributed by atoms with E-state index in [1.807, 2.05) is 66.7 Å². The van der Waals surface area contributed by atoms with Crippen LogP contribution in [0.4, 0.5) is 5.69 Å². The first kappa shape index (κ1) is 23.9. The number of carbonyl (C=O) groups excluding carboxylic acids is 2. The number of rotatable bonds is 3. The summed E-state index contributed by atoms with van der Waals surface area (Å²) in [4.78, 5) is 32.3. The van der Waals surface area contributed by atoms with Crippen LogP contribution in [0, 0.1) is 5.92 Å². The number of methoxy groups -OCH3 is 1. The Morgan fingerprint density at radius 2 is 1.87 bits per heavy atom. The van der Waals surface area contributed by atoms with Crippen molar-refractivity contribution in [3.63, 3.8) is 0 Å². The fourth-order valence-corrected chi connectivity index (χ4v) is 6.64. The molecule has 194 valence electrons. The van der Waals surface area contributed by atoms with E-state index in [4.69, 9.17) is 14.2 Å². The van der Waals surface area contributed by atoms with Gasteiger partial charge in [0.05, 0.1) is 18.3 Å². The van der Waals surface area contributed by atoms with Crippen LogP contribution in [0.15, 0.2) is 88.7 Å². The summed E-state index contributed by atoms with van der Waals surface area (Å²) in [6.45, 7) is 0.144. The Balaban J connectivity index is 1.45. The van der Waals surface area contributed by atoms with E-state index >= 15 is 0 Å². The number of pyridine rings is 1. The van der Waals surface area contributed by atoms with E-state index in [-0.39, 0.29) is 18.5 Å². The highest BCUT2D eigenvalue weighted by atomic mass is 79.9. The maximum atomic E-state index is 14.5. The Morgan fingerprint density at radius 1 is 1.03 bits per heavy atom. The van der Waals surface area contributed by atoms with Crippen LogP contribution in [0.1, 0.15) is 34.9 Å². The van der Waals surface area contributed by atoms with E-state index in [9.17, 15) is 9.59 Å². The van der Waals surface area contributed by atoms with Crippen molar-refractivity contribution < 1.29 is 23.8 Å².